The van der Waals surface area contributed by atoms with E-state index in [2.05, 4.69) is 0 Å². The molecule has 0 aliphatic rings. The van der Waals surface area contributed by atoms with Crippen LogP contribution in [-0.4, -0.2) is 11.1 Å². The summed E-state index contributed by atoms with van der Waals surface area (Å²) >= 11 is 7.28. The molecule has 0 aliphatic carbocycles. The molecule has 0 spiro atoms. The number of carbonyl (C=O) groups is 1. The molecule has 1 atom stereocenters. The number of ether oxygens (including phenoxy) is 1. The smallest absolute Gasteiger partial charge is 0.349 e. The van der Waals surface area contributed by atoms with Gasteiger partial charge in [0.15, 0.2) is 4.88 Å². The van der Waals surface area contributed by atoms with E-state index in [1.807, 2.05) is 32.0 Å². The molecule has 5 heteroatoms. The Morgan fingerprint density at radius 2 is 2.11 bits per heavy atom. The number of carboxylic acids is 1. The van der Waals surface area contributed by atoms with Crippen molar-refractivity contribution in [3.05, 3.63) is 50.7 Å². The van der Waals surface area contributed by atoms with Crippen LogP contribution in [-0.2, 0) is 0 Å². The molecule has 100 valence electrons. The molecule has 0 saturated heterocycles. The Hall–Kier alpha value is -1.52. The van der Waals surface area contributed by atoms with E-state index in [9.17, 15) is 4.79 Å². The van der Waals surface area contributed by atoms with E-state index >= 15 is 0 Å². The molecule has 1 aromatic carbocycles. The summed E-state index contributed by atoms with van der Waals surface area (Å²) in [5.74, 6) is -0.552. The van der Waals surface area contributed by atoms with Gasteiger partial charge in [-0.05, 0) is 25.3 Å². The zero-order valence-electron chi connectivity index (χ0n) is 10.5. The summed E-state index contributed by atoms with van der Waals surface area (Å²) in [6.07, 6.45) is -0.305. The Kier molecular flexibility index (Phi) is 4.12. The van der Waals surface area contributed by atoms with Crippen LogP contribution in [0.4, 0.5) is 0 Å². The average molecular weight is 297 g/mol. The maximum Gasteiger partial charge on any atom is 0.349 e. The Balaban J connectivity index is 2.29. The Bertz CT molecular complexity index is 606. The number of rotatable bonds is 4. The van der Waals surface area contributed by atoms with Crippen molar-refractivity contribution in [2.45, 2.75) is 20.0 Å². The van der Waals surface area contributed by atoms with Crippen molar-refractivity contribution in [2.75, 3.05) is 0 Å². The zero-order valence-corrected chi connectivity index (χ0v) is 12.1. The maximum atomic E-state index is 11.1. The van der Waals surface area contributed by atoms with E-state index in [1.165, 1.54) is 11.3 Å². The quantitative estimate of drug-likeness (QED) is 0.900. The Morgan fingerprint density at radius 1 is 1.42 bits per heavy atom. The van der Waals surface area contributed by atoms with Crippen molar-refractivity contribution >= 4 is 28.9 Å². The van der Waals surface area contributed by atoms with Gasteiger partial charge in [-0.3, -0.25) is 0 Å². The predicted octanol–water partition coefficient (Wildman–Crippen LogP) is 4.55. The van der Waals surface area contributed by atoms with Gasteiger partial charge in [0.05, 0.1) is 0 Å². The van der Waals surface area contributed by atoms with Gasteiger partial charge in [0.25, 0.3) is 0 Å². The van der Waals surface area contributed by atoms with Crippen LogP contribution in [0.25, 0.3) is 0 Å². The van der Waals surface area contributed by atoms with Gasteiger partial charge in [0, 0.05) is 16.1 Å². The fourth-order valence-corrected chi connectivity index (χ4v) is 2.88. The van der Waals surface area contributed by atoms with E-state index in [0.717, 1.165) is 11.1 Å². The number of aromatic carboxylic acids is 1. The van der Waals surface area contributed by atoms with Crippen LogP contribution < -0.4 is 4.74 Å². The van der Waals surface area contributed by atoms with Crippen LogP contribution in [0.5, 0.6) is 5.75 Å². The van der Waals surface area contributed by atoms with Crippen LogP contribution in [0.1, 0.15) is 33.8 Å². The zero-order chi connectivity index (χ0) is 14.0. The van der Waals surface area contributed by atoms with Gasteiger partial charge < -0.3 is 9.84 Å². The highest BCUT2D eigenvalue weighted by atomic mass is 35.5. The van der Waals surface area contributed by atoms with E-state index in [-0.39, 0.29) is 11.0 Å². The normalized spacial score (nSPS) is 12.2. The number of thiophene rings is 1. The highest BCUT2D eigenvalue weighted by Crippen LogP contribution is 2.35. The van der Waals surface area contributed by atoms with Gasteiger partial charge >= 0.3 is 5.97 Å². The molecule has 0 aliphatic heterocycles. The van der Waals surface area contributed by atoms with Crippen molar-refractivity contribution in [1.29, 1.82) is 0 Å². The molecule has 19 heavy (non-hydrogen) atoms. The number of hydrogen-bond donors (Lipinski definition) is 1. The molecular formula is C14H13ClO3S. The third kappa shape index (κ3) is 2.91. The first-order valence-corrected chi connectivity index (χ1v) is 6.99. The lowest BCUT2D eigenvalue weighted by Gasteiger charge is -2.16. The maximum absolute atomic E-state index is 11.1. The van der Waals surface area contributed by atoms with Gasteiger partial charge in [-0.1, -0.05) is 29.8 Å². The van der Waals surface area contributed by atoms with Crippen LogP contribution in [0.2, 0.25) is 5.02 Å². The molecule has 2 rings (SSSR count). The molecule has 1 heterocycles. The lowest BCUT2D eigenvalue weighted by atomic mass is 10.1. The van der Waals surface area contributed by atoms with Gasteiger partial charge in [-0.15, -0.1) is 11.3 Å². The summed E-state index contributed by atoms with van der Waals surface area (Å²) in [7, 11) is 0. The molecule has 1 aromatic heterocycles. The first-order chi connectivity index (χ1) is 9.00. The van der Waals surface area contributed by atoms with Crippen molar-refractivity contribution in [1.82, 2.24) is 0 Å². The molecule has 1 unspecified atom stereocenters. The number of halogens is 1. The summed E-state index contributed by atoms with van der Waals surface area (Å²) in [4.78, 5) is 11.3. The first-order valence-electron chi connectivity index (χ1n) is 5.73. The molecule has 0 radical (unpaired) electrons. The highest BCUT2D eigenvalue weighted by molar-refractivity contribution is 7.12. The van der Waals surface area contributed by atoms with Crippen LogP contribution in [0.3, 0.4) is 0 Å². The molecule has 3 nitrogen and oxygen atoms in total. The first kappa shape index (κ1) is 13.9. The molecule has 0 fully saturated rings. The van der Waals surface area contributed by atoms with Crippen LogP contribution >= 0.6 is 22.9 Å². The predicted molar refractivity (Wildman–Crippen MR) is 76.5 cm³/mol. The van der Waals surface area contributed by atoms with Gasteiger partial charge in [0.1, 0.15) is 11.9 Å². The average Bonchev–Trinajstić information content (AvgIpc) is 2.71. The van der Waals surface area contributed by atoms with Crippen molar-refractivity contribution < 1.29 is 14.6 Å². The summed E-state index contributed by atoms with van der Waals surface area (Å²) in [5.41, 5.74) is 1.66. The lowest BCUT2D eigenvalue weighted by Crippen LogP contribution is -2.06. The Labute approximate surface area is 120 Å². The molecule has 2 aromatic rings. The van der Waals surface area contributed by atoms with E-state index in [1.54, 1.807) is 11.4 Å². The van der Waals surface area contributed by atoms with Crippen LogP contribution in [0, 0.1) is 6.92 Å². The Morgan fingerprint density at radius 3 is 2.74 bits per heavy atom. The fourth-order valence-electron chi connectivity index (χ4n) is 1.77. The number of carboxylic acid groups (broad SMARTS) is 1. The van der Waals surface area contributed by atoms with Gasteiger partial charge in [0.2, 0.25) is 0 Å². The van der Waals surface area contributed by atoms with Crippen molar-refractivity contribution in [3.8, 4) is 5.75 Å². The van der Waals surface area contributed by atoms with Crippen molar-refractivity contribution in [2.24, 2.45) is 0 Å². The number of hydrogen-bond acceptors (Lipinski definition) is 3. The number of aryl methyl sites for hydroxylation is 1. The highest BCUT2D eigenvalue weighted by Gasteiger charge is 2.20. The monoisotopic (exact) mass is 296 g/mol. The molecule has 0 amide bonds. The summed E-state index contributed by atoms with van der Waals surface area (Å²) in [6.45, 7) is 3.68. The second-order valence-corrected chi connectivity index (χ2v) is 5.45. The van der Waals surface area contributed by atoms with Gasteiger partial charge in [-0.25, -0.2) is 4.79 Å². The largest absolute Gasteiger partial charge is 0.484 e. The lowest BCUT2D eigenvalue weighted by molar-refractivity contribution is 0.0695. The van der Waals surface area contributed by atoms with E-state index in [0.29, 0.717) is 10.8 Å². The standard InChI is InChI=1S/C14H13ClO3S/c1-8-7-19-13(14(16)17)12(8)18-9(2)10-5-3-4-6-11(10)15/h3-7,9H,1-2H3,(H,16,17). The third-order valence-corrected chi connectivity index (χ3v) is 4.16. The third-order valence-electron chi connectivity index (χ3n) is 2.75. The summed E-state index contributed by atoms with van der Waals surface area (Å²) in [6, 6.07) is 7.38. The molecule has 0 bridgehead atoms. The second-order valence-electron chi connectivity index (χ2n) is 4.16. The minimum Gasteiger partial charge on any atom is -0.484 e. The fraction of sp³-hybridized carbons (Fsp3) is 0.214. The molecular weight excluding hydrogens is 284 g/mol. The minimum atomic E-state index is -0.973. The van der Waals surface area contributed by atoms with Gasteiger partial charge in [-0.2, -0.15) is 0 Å². The minimum absolute atomic E-state index is 0.219. The molecule has 1 N–H and O–H groups in total. The number of benzene rings is 1. The summed E-state index contributed by atoms with van der Waals surface area (Å²) in [5, 5.41) is 11.5. The van der Waals surface area contributed by atoms with E-state index < -0.39 is 5.97 Å². The summed E-state index contributed by atoms with van der Waals surface area (Å²) < 4.78 is 5.79. The van der Waals surface area contributed by atoms with Crippen molar-refractivity contribution in [3.63, 3.8) is 0 Å². The SMILES string of the molecule is Cc1csc(C(=O)O)c1OC(C)c1ccccc1Cl. The topological polar surface area (TPSA) is 46.5 Å². The second kappa shape index (κ2) is 5.63. The molecule has 0 saturated carbocycles. The van der Waals surface area contributed by atoms with E-state index in [4.69, 9.17) is 21.4 Å². The van der Waals surface area contributed by atoms with Crippen LogP contribution in [0.15, 0.2) is 29.6 Å².